The van der Waals surface area contributed by atoms with Crippen molar-refractivity contribution < 1.29 is 15.0 Å². The summed E-state index contributed by atoms with van der Waals surface area (Å²) in [6, 6.07) is -0.539. The molecule has 2 atom stereocenters. The number of carbonyl (C=O) groups excluding carboxylic acids is 1. The highest BCUT2D eigenvalue weighted by Crippen LogP contribution is 2.14. The highest BCUT2D eigenvalue weighted by molar-refractivity contribution is 5.76. The molecule has 0 saturated carbocycles. The molecule has 2 unspecified atom stereocenters. The lowest BCUT2D eigenvalue weighted by molar-refractivity contribution is -0.123. The second kappa shape index (κ2) is 33.1. The van der Waals surface area contributed by atoms with Gasteiger partial charge in [-0.15, -0.1) is 0 Å². The second-order valence-electron chi connectivity index (χ2n) is 11.9. The fourth-order valence-electron chi connectivity index (χ4n) is 5.20. The average Bonchev–Trinajstić information content (AvgIpc) is 2.97. The third-order valence-corrected chi connectivity index (χ3v) is 7.92. The summed E-state index contributed by atoms with van der Waals surface area (Å²) in [7, 11) is 0. The minimum Gasteiger partial charge on any atom is -0.394 e. The van der Waals surface area contributed by atoms with E-state index in [4.69, 9.17) is 0 Å². The van der Waals surface area contributed by atoms with E-state index < -0.39 is 12.1 Å². The molecule has 0 aliphatic heterocycles. The molecule has 0 aromatic carbocycles. The van der Waals surface area contributed by atoms with E-state index in [9.17, 15) is 15.0 Å². The van der Waals surface area contributed by atoms with Crippen LogP contribution in [0.2, 0.25) is 0 Å². The highest BCUT2D eigenvalue weighted by atomic mass is 16.3. The van der Waals surface area contributed by atoms with Crippen LogP contribution in [-0.4, -0.2) is 34.9 Å². The van der Waals surface area contributed by atoms with E-state index in [1.54, 1.807) is 0 Å². The van der Waals surface area contributed by atoms with Crippen molar-refractivity contribution in [3.05, 3.63) is 36.5 Å². The summed E-state index contributed by atoms with van der Waals surface area (Å²) in [4.78, 5) is 12.3. The number of hydrogen-bond acceptors (Lipinski definition) is 3. The Balaban J connectivity index is 3.60. The van der Waals surface area contributed by atoms with Gasteiger partial charge in [-0.25, -0.2) is 0 Å². The molecule has 4 nitrogen and oxygen atoms in total. The van der Waals surface area contributed by atoms with Crippen molar-refractivity contribution in [1.29, 1.82) is 0 Å². The van der Waals surface area contributed by atoms with Crippen LogP contribution < -0.4 is 5.32 Å². The number of carbonyl (C=O) groups is 1. The summed E-state index contributed by atoms with van der Waals surface area (Å²) in [5, 5.41) is 23.0. The molecule has 0 bridgehead atoms. The van der Waals surface area contributed by atoms with Crippen molar-refractivity contribution in [3.8, 4) is 0 Å². The van der Waals surface area contributed by atoms with E-state index in [0.29, 0.717) is 12.8 Å². The summed E-state index contributed by atoms with van der Waals surface area (Å²) in [5.74, 6) is -0.0446. The summed E-state index contributed by atoms with van der Waals surface area (Å²) in [6.45, 7) is 4.22. The number of aliphatic hydroxyl groups excluding tert-OH is 2. The summed E-state index contributed by atoms with van der Waals surface area (Å²) in [6.07, 6.45) is 41.9. The van der Waals surface area contributed by atoms with E-state index >= 15 is 0 Å². The van der Waals surface area contributed by atoms with Crippen molar-refractivity contribution in [2.45, 2.75) is 187 Å². The fourth-order valence-corrected chi connectivity index (χ4v) is 5.20. The SMILES string of the molecule is CC/C=C\C/C=C\C/C=C\CCCCCCCCCC(=O)NC(CO)C(O)CCCCCCCCCCCCCC. The number of unbranched alkanes of at least 4 members (excludes halogenated alkanes) is 18. The first-order valence-electron chi connectivity index (χ1n) is 17.7. The first-order chi connectivity index (χ1) is 20.2. The Hall–Kier alpha value is -1.39. The maximum atomic E-state index is 12.3. The Morgan fingerprint density at radius 1 is 0.610 bits per heavy atom. The second-order valence-corrected chi connectivity index (χ2v) is 11.9. The van der Waals surface area contributed by atoms with Crippen molar-refractivity contribution in [2.75, 3.05) is 6.61 Å². The number of amides is 1. The predicted octanol–water partition coefficient (Wildman–Crippen LogP) is 10.3. The van der Waals surface area contributed by atoms with Gasteiger partial charge >= 0.3 is 0 Å². The average molecular weight is 576 g/mol. The van der Waals surface area contributed by atoms with Crippen LogP contribution in [0.25, 0.3) is 0 Å². The van der Waals surface area contributed by atoms with Crippen LogP contribution in [0, 0.1) is 0 Å². The van der Waals surface area contributed by atoms with Gasteiger partial charge in [0.1, 0.15) is 0 Å². The standard InChI is InChI=1S/C37H69NO3/c1-3-5-7-9-11-13-15-17-18-19-20-21-23-25-27-29-31-33-37(41)38-35(34-39)36(40)32-30-28-26-24-22-16-14-12-10-8-6-4-2/h5,7,11,13,17-18,35-36,39-40H,3-4,6,8-10,12,14-16,19-34H2,1-2H3,(H,38,41)/b7-5-,13-11-,18-17-. The van der Waals surface area contributed by atoms with Gasteiger partial charge in [-0.05, 0) is 44.9 Å². The van der Waals surface area contributed by atoms with E-state index in [0.717, 1.165) is 44.9 Å². The van der Waals surface area contributed by atoms with Gasteiger partial charge in [-0.1, -0.05) is 159 Å². The van der Waals surface area contributed by atoms with E-state index in [2.05, 4.69) is 55.6 Å². The topological polar surface area (TPSA) is 69.6 Å². The smallest absolute Gasteiger partial charge is 0.220 e. The third-order valence-electron chi connectivity index (χ3n) is 7.92. The van der Waals surface area contributed by atoms with Gasteiger partial charge in [0.15, 0.2) is 0 Å². The number of hydrogen-bond donors (Lipinski definition) is 3. The number of nitrogens with one attached hydrogen (secondary N) is 1. The van der Waals surface area contributed by atoms with Gasteiger partial charge < -0.3 is 15.5 Å². The zero-order valence-corrected chi connectivity index (χ0v) is 27.3. The molecule has 0 heterocycles. The lowest BCUT2D eigenvalue weighted by Gasteiger charge is -2.22. The molecule has 0 radical (unpaired) electrons. The normalized spacial score (nSPS) is 13.6. The molecule has 0 fully saturated rings. The minimum absolute atomic E-state index is 0.0446. The molecule has 1 amide bonds. The van der Waals surface area contributed by atoms with Gasteiger partial charge in [-0.3, -0.25) is 4.79 Å². The maximum Gasteiger partial charge on any atom is 0.220 e. The zero-order valence-electron chi connectivity index (χ0n) is 27.3. The van der Waals surface area contributed by atoms with Crippen LogP contribution >= 0.6 is 0 Å². The lowest BCUT2D eigenvalue weighted by atomic mass is 10.0. The van der Waals surface area contributed by atoms with Crippen LogP contribution in [0.3, 0.4) is 0 Å². The largest absolute Gasteiger partial charge is 0.394 e. The van der Waals surface area contributed by atoms with Gasteiger partial charge in [0, 0.05) is 6.42 Å². The van der Waals surface area contributed by atoms with Crippen molar-refractivity contribution >= 4 is 5.91 Å². The molecule has 3 N–H and O–H groups in total. The summed E-state index contributed by atoms with van der Waals surface area (Å²) < 4.78 is 0. The summed E-state index contributed by atoms with van der Waals surface area (Å²) >= 11 is 0. The Morgan fingerprint density at radius 2 is 1.07 bits per heavy atom. The van der Waals surface area contributed by atoms with Crippen LogP contribution in [0.1, 0.15) is 174 Å². The summed E-state index contributed by atoms with van der Waals surface area (Å²) in [5.41, 5.74) is 0. The van der Waals surface area contributed by atoms with Crippen LogP contribution in [0.4, 0.5) is 0 Å². The molecular weight excluding hydrogens is 506 g/mol. The van der Waals surface area contributed by atoms with Gasteiger partial charge in [0.2, 0.25) is 5.91 Å². The molecule has 0 saturated heterocycles. The molecule has 0 aromatic heterocycles. The van der Waals surface area contributed by atoms with Gasteiger partial charge in [-0.2, -0.15) is 0 Å². The Kier molecular flexibility index (Phi) is 32.0. The molecule has 0 aliphatic carbocycles. The fraction of sp³-hybridized carbons (Fsp3) is 0.811. The number of allylic oxidation sites excluding steroid dienone is 6. The lowest BCUT2D eigenvalue weighted by Crippen LogP contribution is -2.45. The number of aliphatic hydroxyl groups is 2. The first-order valence-corrected chi connectivity index (χ1v) is 17.7. The molecule has 4 heteroatoms. The maximum absolute atomic E-state index is 12.3. The molecule has 41 heavy (non-hydrogen) atoms. The quantitative estimate of drug-likeness (QED) is 0.0569. The third kappa shape index (κ3) is 29.9. The number of rotatable bonds is 31. The monoisotopic (exact) mass is 576 g/mol. The van der Waals surface area contributed by atoms with E-state index in [-0.39, 0.29) is 12.5 Å². The minimum atomic E-state index is -0.661. The van der Waals surface area contributed by atoms with Crippen LogP contribution in [-0.2, 0) is 4.79 Å². The molecule has 0 rings (SSSR count). The Morgan fingerprint density at radius 3 is 1.61 bits per heavy atom. The molecule has 0 spiro atoms. The van der Waals surface area contributed by atoms with Crippen molar-refractivity contribution in [3.63, 3.8) is 0 Å². The van der Waals surface area contributed by atoms with Gasteiger partial charge in [0.05, 0.1) is 18.8 Å². The molecule has 0 aromatic rings. The molecular formula is C37H69NO3. The molecule has 240 valence electrons. The van der Waals surface area contributed by atoms with Crippen LogP contribution in [0.5, 0.6) is 0 Å². The first kappa shape index (κ1) is 39.6. The Bertz CT molecular complexity index is 628. The molecule has 0 aliphatic rings. The highest BCUT2D eigenvalue weighted by Gasteiger charge is 2.19. The van der Waals surface area contributed by atoms with Crippen molar-refractivity contribution in [1.82, 2.24) is 5.32 Å². The van der Waals surface area contributed by atoms with Gasteiger partial charge in [0.25, 0.3) is 0 Å². The Labute approximate surface area is 255 Å². The van der Waals surface area contributed by atoms with Crippen molar-refractivity contribution in [2.24, 2.45) is 0 Å². The van der Waals surface area contributed by atoms with E-state index in [1.165, 1.54) is 103 Å². The van der Waals surface area contributed by atoms with Crippen LogP contribution in [0.15, 0.2) is 36.5 Å². The zero-order chi connectivity index (χ0) is 30.1. The van der Waals surface area contributed by atoms with E-state index in [1.807, 2.05) is 0 Å². The predicted molar refractivity (Wildman–Crippen MR) is 179 cm³/mol.